The minimum Gasteiger partial charge on any atom is -0.436 e. The Labute approximate surface area is 317 Å². The van der Waals surface area contributed by atoms with Gasteiger partial charge in [-0.1, -0.05) is 123 Å². The van der Waals surface area contributed by atoms with Gasteiger partial charge in [-0.2, -0.15) is 0 Å². The van der Waals surface area contributed by atoms with E-state index in [2.05, 4.69) is 91.2 Å². The normalized spacial score (nSPS) is 13.1. The summed E-state index contributed by atoms with van der Waals surface area (Å²) in [6.45, 7) is 4.61. The lowest BCUT2D eigenvalue weighted by Crippen LogP contribution is -2.16. The molecule has 0 unspecified atom stereocenters. The summed E-state index contributed by atoms with van der Waals surface area (Å²) >= 11 is 0. The molecule has 260 valence electrons. The van der Waals surface area contributed by atoms with Crippen LogP contribution in [0.25, 0.3) is 95.3 Å². The maximum absolute atomic E-state index is 6.32. The quantitative estimate of drug-likeness (QED) is 0.178. The molecule has 1 aliphatic carbocycles. The van der Waals surface area contributed by atoms with Crippen LogP contribution in [0.1, 0.15) is 25.0 Å². The molecule has 0 saturated heterocycles. The van der Waals surface area contributed by atoms with E-state index in [0.717, 1.165) is 55.5 Å². The number of para-hydroxylation sites is 1. The fourth-order valence-corrected chi connectivity index (χ4v) is 8.44. The van der Waals surface area contributed by atoms with E-state index in [0.29, 0.717) is 23.4 Å². The van der Waals surface area contributed by atoms with Crippen molar-refractivity contribution >= 4 is 32.9 Å². The summed E-state index contributed by atoms with van der Waals surface area (Å²) in [6.07, 6.45) is 0. The van der Waals surface area contributed by atoms with Crippen molar-refractivity contribution in [2.75, 3.05) is 0 Å². The molecule has 0 fully saturated rings. The van der Waals surface area contributed by atoms with Gasteiger partial charge in [-0.05, 0) is 76.9 Å². The summed E-state index contributed by atoms with van der Waals surface area (Å²) in [7, 11) is 0. The van der Waals surface area contributed by atoms with Gasteiger partial charge in [0.05, 0.1) is 11.0 Å². The number of hydrogen-bond donors (Lipinski definition) is 0. The number of benzene rings is 7. The van der Waals surface area contributed by atoms with Crippen LogP contribution in [0.3, 0.4) is 0 Å². The third-order valence-electron chi connectivity index (χ3n) is 11.1. The molecule has 0 atom stereocenters. The molecule has 55 heavy (non-hydrogen) atoms. The first-order valence-corrected chi connectivity index (χ1v) is 18.6. The molecule has 0 N–H and O–H groups in total. The van der Waals surface area contributed by atoms with Gasteiger partial charge in [-0.15, -0.1) is 0 Å². The molecule has 3 heterocycles. The van der Waals surface area contributed by atoms with Gasteiger partial charge in [-0.25, -0.2) is 19.9 Å². The fraction of sp³-hybridized carbons (Fsp3) is 0.0612. The summed E-state index contributed by atoms with van der Waals surface area (Å²) in [6, 6.07) is 56.7. The lowest BCUT2D eigenvalue weighted by molar-refractivity contribution is 0.619. The monoisotopic (exact) mass is 707 g/mol. The topological polar surface area (TPSA) is 69.6 Å². The molecule has 0 amide bonds. The van der Waals surface area contributed by atoms with E-state index in [1.54, 1.807) is 0 Å². The Kier molecular flexibility index (Phi) is 6.79. The summed E-state index contributed by atoms with van der Waals surface area (Å²) in [5.41, 5.74) is 13.5. The van der Waals surface area contributed by atoms with E-state index in [1.807, 2.05) is 91.0 Å². The molecular formula is C49H33N5O. The van der Waals surface area contributed by atoms with Crippen molar-refractivity contribution in [2.24, 2.45) is 0 Å². The molecule has 0 radical (unpaired) electrons. The number of oxazole rings is 1. The summed E-state index contributed by atoms with van der Waals surface area (Å²) in [5.74, 6) is 2.57. The standard InChI is InChI=1S/C49H33N5O/c1-49(2)39-29-34(23-24-35(39)37-25-27-42-44(43(37)49)50-48(55-42)32-18-10-5-11-19-32)54-40-21-13-12-20-36(40)38-28-33(22-26-41(38)54)47-52-45(30-14-6-3-7-15-30)51-46(53-47)31-16-8-4-9-17-31/h3-29H,1-2H3. The maximum atomic E-state index is 6.32. The molecule has 10 aromatic rings. The fourth-order valence-electron chi connectivity index (χ4n) is 8.44. The smallest absolute Gasteiger partial charge is 0.227 e. The number of fused-ring (bicyclic) bond motifs is 8. The molecule has 6 heteroatoms. The first-order chi connectivity index (χ1) is 27.0. The van der Waals surface area contributed by atoms with Crippen LogP contribution >= 0.6 is 0 Å². The largest absolute Gasteiger partial charge is 0.436 e. The van der Waals surface area contributed by atoms with Crippen molar-refractivity contribution < 1.29 is 4.42 Å². The highest BCUT2D eigenvalue weighted by molar-refractivity contribution is 6.10. The summed E-state index contributed by atoms with van der Waals surface area (Å²) in [4.78, 5) is 20.0. The Morgan fingerprint density at radius 1 is 0.473 bits per heavy atom. The molecular weight excluding hydrogens is 675 g/mol. The highest BCUT2D eigenvalue weighted by Gasteiger charge is 2.39. The molecule has 1 aliphatic rings. The SMILES string of the molecule is CC1(C)c2cc(-n3c4ccccc4c4cc(-c5nc(-c6ccccc6)nc(-c6ccccc6)n5)ccc43)ccc2-c2ccc3oc(-c4ccccc4)nc3c21. The number of aromatic nitrogens is 5. The van der Waals surface area contributed by atoms with Crippen molar-refractivity contribution in [3.8, 4) is 62.4 Å². The van der Waals surface area contributed by atoms with Gasteiger partial charge in [0.1, 0.15) is 5.52 Å². The molecule has 0 spiro atoms. The molecule has 0 aliphatic heterocycles. The molecule has 11 rings (SSSR count). The third kappa shape index (κ3) is 4.88. The highest BCUT2D eigenvalue weighted by atomic mass is 16.3. The van der Waals surface area contributed by atoms with Crippen LogP contribution in [0.5, 0.6) is 0 Å². The summed E-state index contributed by atoms with van der Waals surface area (Å²) in [5, 5.41) is 2.30. The predicted octanol–water partition coefficient (Wildman–Crippen LogP) is 12.1. The second-order valence-corrected chi connectivity index (χ2v) is 14.7. The zero-order valence-corrected chi connectivity index (χ0v) is 30.2. The van der Waals surface area contributed by atoms with E-state index < -0.39 is 0 Å². The Morgan fingerprint density at radius 2 is 1.05 bits per heavy atom. The Morgan fingerprint density at radius 3 is 1.75 bits per heavy atom. The van der Waals surface area contributed by atoms with E-state index in [-0.39, 0.29) is 5.41 Å². The van der Waals surface area contributed by atoms with Gasteiger partial charge in [0.25, 0.3) is 0 Å². The van der Waals surface area contributed by atoms with Crippen molar-refractivity contribution in [1.82, 2.24) is 24.5 Å². The van der Waals surface area contributed by atoms with Crippen molar-refractivity contribution in [2.45, 2.75) is 19.3 Å². The van der Waals surface area contributed by atoms with Crippen molar-refractivity contribution in [3.63, 3.8) is 0 Å². The highest BCUT2D eigenvalue weighted by Crippen LogP contribution is 2.52. The molecule has 3 aromatic heterocycles. The molecule has 7 aromatic carbocycles. The minimum atomic E-state index is -0.303. The number of hydrogen-bond acceptors (Lipinski definition) is 5. The van der Waals surface area contributed by atoms with Crippen LogP contribution in [0.15, 0.2) is 168 Å². The van der Waals surface area contributed by atoms with Crippen molar-refractivity contribution in [3.05, 3.63) is 175 Å². The minimum absolute atomic E-state index is 0.303. The van der Waals surface area contributed by atoms with Gasteiger partial charge >= 0.3 is 0 Å². The Bertz CT molecular complexity index is 3050. The van der Waals surface area contributed by atoms with Crippen LogP contribution in [-0.4, -0.2) is 24.5 Å². The van der Waals surface area contributed by atoms with Gasteiger partial charge in [0.15, 0.2) is 23.1 Å². The zero-order valence-electron chi connectivity index (χ0n) is 30.2. The second kappa shape index (κ2) is 11.9. The first kappa shape index (κ1) is 31.4. The first-order valence-electron chi connectivity index (χ1n) is 18.6. The second-order valence-electron chi connectivity index (χ2n) is 14.7. The van der Waals surface area contributed by atoms with Crippen LogP contribution in [0, 0.1) is 0 Å². The van der Waals surface area contributed by atoms with E-state index in [4.69, 9.17) is 24.4 Å². The van der Waals surface area contributed by atoms with Crippen LogP contribution in [0.2, 0.25) is 0 Å². The van der Waals surface area contributed by atoms with Crippen LogP contribution in [0.4, 0.5) is 0 Å². The molecule has 0 bridgehead atoms. The predicted molar refractivity (Wildman–Crippen MR) is 221 cm³/mol. The van der Waals surface area contributed by atoms with E-state index in [9.17, 15) is 0 Å². The van der Waals surface area contributed by atoms with Crippen LogP contribution < -0.4 is 0 Å². The zero-order chi connectivity index (χ0) is 36.7. The summed E-state index contributed by atoms with van der Waals surface area (Å²) < 4.78 is 8.70. The molecule has 0 saturated carbocycles. The van der Waals surface area contributed by atoms with Crippen molar-refractivity contribution in [1.29, 1.82) is 0 Å². The number of rotatable bonds is 5. The van der Waals surface area contributed by atoms with Gasteiger partial charge in [0.2, 0.25) is 5.89 Å². The lowest BCUT2D eigenvalue weighted by Gasteiger charge is -2.22. The van der Waals surface area contributed by atoms with Crippen LogP contribution in [-0.2, 0) is 5.41 Å². The van der Waals surface area contributed by atoms with Gasteiger partial charge in [-0.3, -0.25) is 0 Å². The van der Waals surface area contributed by atoms with E-state index in [1.165, 1.54) is 27.6 Å². The Balaban J connectivity index is 1.05. The maximum Gasteiger partial charge on any atom is 0.227 e. The molecule has 6 nitrogen and oxygen atoms in total. The average molecular weight is 708 g/mol. The lowest BCUT2D eigenvalue weighted by atomic mass is 9.81. The Hall–Kier alpha value is -7.18. The van der Waals surface area contributed by atoms with Gasteiger partial charge < -0.3 is 8.98 Å². The third-order valence-corrected chi connectivity index (χ3v) is 11.1. The van der Waals surface area contributed by atoms with Gasteiger partial charge in [0, 0.05) is 44.1 Å². The van der Waals surface area contributed by atoms with E-state index >= 15 is 0 Å². The number of nitrogens with zero attached hydrogens (tertiary/aromatic N) is 5. The average Bonchev–Trinajstić information content (AvgIpc) is 3.89.